The van der Waals surface area contributed by atoms with Gasteiger partial charge in [-0.1, -0.05) is 6.58 Å². The van der Waals surface area contributed by atoms with Crippen molar-refractivity contribution in [3.63, 3.8) is 0 Å². The lowest BCUT2D eigenvalue weighted by atomic mass is 10.2. The minimum atomic E-state index is 0.464. The van der Waals surface area contributed by atoms with Crippen molar-refractivity contribution in [3.05, 3.63) is 60.2 Å². The van der Waals surface area contributed by atoms with Crippen LogP contribution in [0.5, 0.6) is 5.75 Å². The highest BCUT2D eigenvalue weighted by atomic mass is 16.5. The summed E-state index contributed by atoms with van der Waals surface area (Å²) in [7, 11) is 0. The molecule has 0 saturated carbocycles. The number of nitrogens with one attached hydrogen (secondary N) is 1. The molecule has 110 valence electrons. The van der Waals surface area contributed by atoms with Gasteiger partial charge < -0.3 is 14.8 Å². The number of carbonyl (C=O) groups is 1. The van der Waals surface area contributed by atoms with Gasteiger partial charge in [0.05, 0.1) is 0 Å². The van der Waals surface area contributed by atoms with Crippen LogP contribution in [0.3, 0.4) is 0 Å². The lowest BCUT2D eigenvalue weighted by Gasteiger charge is -2.11. The fourth-order valence-corrected chi connectivity index (χ4v) is 1.72. The van der Waals surface area contributed by atoms with Crippen LogP contribution in [0.1, 0.15) is 16.7 Å². The molecule has 2 aromatic rings. The maximum Gasteiger partial charge on any atom is 0.172 e. The first-order valence-corrected chi connectivity index (χ1v) is 6.35. The summed E-state index contributed by atoms with van der Waals surface area (Å²) in [4.78, 5) is 16.4. The van der Waals surface area contributed by atoms with Crippen molar-refractivity contribution >= 4 is 12.6 Å². The molecule has 5 nitrogen and oxygen atoms in total. The van der Waals surface area contributed by atoms with Crippen molar-refractivity contribution in [2.45, 2.75) is 20.5 Å². The largest absolute Gasteiger partial charge is 0.485 e. The van der Waals surface area contributed by atoms with Crippen molar-refractivity contribution in [2.75, 3.05) is 5.32 Å². The van der Waals surface area contributed by atoms with Crippen molar-refractivity contribution in [1.29, 1.82) is 0 Å². The Hall–Kier alpha value is -2.69. The van der Waals surface area contributed by atoms with Crippen LogP contribution in [0.15, 0.2) is 43.5 Å². The van der Waals surface area contributed by atoms with Gasteiger partial charge in [0.2, 0.25) is 0 Å². The monoisotopic (exact) mass is 285 g/mol. The minimum Gasteiger partial charge on any atom is -0.485 e. The average Bonchev–Trinajstić information content (AvgIpc) is 2.50. The standard InChI is InChI=1S/C15H17N3O.CH2O/c1-4-17-15-14(6-12(3)8-18-15)19-10-13-5-11(2)7-16-9-13;1-2/h4-9H,1,10H2,2-3H3,(H,17,18);1H2. The molecule has 0 atom stereocenters. The summed E-state index contributed by atoms with van der Waals surface area (Å²) in [6, 6.07) is 4.00. The molecule has 2 heterocycles. The fourth-order valence-electron chi connectivity index (χ4n) is 1.72. The lowest BCUT2D eigenvalue weighted by Crippen LogP contribution is -2.01. The summed E-state index contributed by atoms with van der Waals surface area (Å²) >= 11 is 0. The SMILES string of the molecule is C=CNc1ncc(C)cc1OCc1cncc(C)c1.C=O. The van der Waals surface area contributed by atoms with E-state index in [2.05, 4.69) is 27.9 Å². The van der Waals surface area contributed by atoms with Gasteiger partial charge in [0.25, 0.3) is 0 Å². The number of rotatable bonds is 5. The first-order valence-electron chi connectivity index (χ1n) is 6.35. The number of anilines is 1. The molecule has 0 aliphatic heterocycles. The van der Waals surface area contributed by atoms with Gasteiger partial charge in [-0.15, -0.1) is 0 Å². The Balaban J connectivity index is 0.00000106. The zero-order chi connectivity index (χ0) is 15.7. The van der Waals surface area contributed by atoms with E-state index in [9.17, 15) is 0 Å². The molecular formula is C16H19N3O2. The maximum absolute atomic E-state index is 8.00. The van der Waals surface area contributed by atoms with Crippen LogP contribution >= 0.6 is 0 Å². The molecule has 0 aliphatic carbocycles. The summed E-state index contributed by atoms with van der Waals surface area (Å²) in [6.07, 6.45) is 6.99. The number of aryl methyl sites for hydroxylation is 2. The van der Waals surface area contributed by atoms with Crippen LogP contribution in [0.4, 0.5) is 5.82 Å². The van der Waals surface area contributed by atoms with Gasteiger partial charge in [0.1, 0.15) is 13.4 Å². The summed E-state index contributed by atoms with van der Waals surface area (Å²) in [5.41, 5.74) is 3.20. The van der Waals surface area contributed by atoms with Gasteiger partial charge in [-0.2, -0.15) is 0 Å². The second-order valence-corrected chi connectivity index (χ2v) is 4.37. The first-order chi connectivity index (χ1) is 10.2. The van der Waals surface area contributed by atoms with Crippen molar-refractivity contribution in [2.24, 2.45) is 0 Å². The average molecular weight is 285 g/mol. The van der Waals surface area contributed by atoms with E-state index in [0.29, 0.717) is 18.2 Å². The third-order valence-electron chi connectivity index (χ3n) is 2.55. The van der Waals surface area contributed by atoms with Crippen molar-refractivity contribution < 1.29 is 9.53 Å². The molecule has 0 bridgehead atoms. The number of pyridine rings is 2. The van der Waals surface area contributed by atoms with Crippen LogP contribution in [-0.4, -0.2) is 16.8 Å². The maximum atomic E-state index is 8.00. The molecule has 0 unspecified atom stereocenters. The predicted molar refractivity (Wildman–Crippen MR) is 83.2 cm³/mol. The number of hydrogen-bond donors (Lipinski definition) is 1. The van der Waals surface area contributed by atoms with Gasteiger partial charge in [-0.05, 0) is 43.3 Å². The molecule has 21 heavy (non-hydrogen) atoms. The Bertz CT molecular complexity index is 600. The molecule has 0 amide bonds. The van der Waals surface area contributed by atoms with Crippen LogP contribution in [0, 0.1) is 13.8 Å². The second-order valence-electron chi connectivity index (χ2n) is 4.37. The molecule has 0 aliphatic rings. The predicted octanol–water partition coefficient (Wildman–Crippen LogP) is 3.04. The number of ether oxygens (including phenoxy) is 1. The van der Waals surface area contributed by atoms with E-state index in [-0.39, 0.29) is 0 Å². The molecule has 1 N–H and O–H groups in total. The number of aromatic nitrogens is 2. The van der Waals surface area contributed by atoms with Crippen molar-refractivity contribution in [3.8, 4) is 5.75 Å². The zero-order valence-corrected chi connectivity index (χ0v) is 12.3. The summed E-state index contributed by atoms with van der Waals surface area (Å²) in [6.45, 7) is 10.1. The van der Waals surface area contributed by atoms with Crippen LogP contribution < -0.4 is 10.1 Å². The van der Waals surface area contributed by atoms with E-state index >= 15 is 0 Å². The topological polar surface area (TPSA) is 64.1 Å². The third-order valence-corrected chi connectivity index (χ3v) is 2.55. The van der Waals surface area contributed by atoms with E-state index in [1.807, 2.05) is 32.9 Å². The van der Waals surface area contributed by atoms with Crippen LogP contribution in [0.2, 0.25) is 0 Å². The molecule has 0 spiro atoms. The van der Waals surface area contributed by atoms with Gasteiger partial charge in [-0.25, -0.2) is 4.98 Å². The third kappa shape index (κ3) is 5.06. The van der Waals surface area contributed by atoms with Gasteiger partial charge in [0, 0.05) is 24.2 Å². The molecule has 5 heteroatoms. The Kier molecular flexibility index (Phi) is 6.60. The Morgan fingerprint density at radius 2 is 1.90 bits per heavy atom. The highest BCUT2D eigenvalue weighted by molar-refractivity contribution is 5.52. The molecule has 2 aromatic heterocycles. The normalized spacial score (nSPS) is 9.24. The molecule has 0 fully saturated rings. The van der Waals surface area contributed by atoms with E-state index in [1.54, 1.807) is 18.6 Å². The molecule has 0 aromatic carbocycles. The van der Waals surface area contributed by atoms with E-state index < -0.39 is 0 Å². The number of hydrogen-bond acceptors (Lipinski definition) is 5. The quantitative estimate of drug-likeness (QED) is 0.914. The highest BCUT2D eigenvalue weighted by Crippen LogP contribution is 2.23. The first kappa shape index (κ1) is 16.4. The molecule has 0 radical (unpaired) electrons. The molecule has 2 rings (SSSR count). The smallest absolute Gasteiger partial charge is 0.172 e. The number of nitrogens with zero attached hydrogens (tertiary/aromatic N) is 2. The minimum absolute atomic E-state index is 0.464. The van der Waals surface area contributed by atoms with Gasteiger partial charge in [-0.3, -0.25) is 4.98 Å². The summed E-state index contributed by atoms with van der Waals surface area (Å²) < 4.78 is 5.80. The second kappa shape index (κ2) is 8.47. The Morgan fingerprint density at radius 3 is 2.57 bits per heavy atom. The number of carbonyl (C=O) groups excluding carboxylic acids is 1. The van der Waals surface area contributed by atoms with E-state index in [4.69, 9.17) is 9.53 Å². The summed E-state index contributed by atoms with van der Waals surface area (Å²) in [5, 5.41) is 2.96. The van der Waals surface area contributed by atoms with Gasteiger partial charge >= 0.3 is 0 Å². The van der Waals surface area contributed by atoms with E-state index in [0.717, 1.165) is 16.7 Å². The molecule has 0 saturated heterocycles. The Morgan fingerprint density at radius 1 is 1.19 bits per heavy atom. The fraction of sp³-hybridized carbons (Fsp3) is 0.188. The van der Waals surface area contributed by atoms with Crippen LogP contribution in [-0.2, 0) is 11.4 Å². The van der Waals surface area contributed by atoms with Crippen LogP contribution in [0.25, 0.3) is 0 Å². The Labute approximate surface area is 124 Å². The van der Waals surface area contributed by atoms with E-state index in [1.165, 1.54) is 0 Å². The van der Waals surface area contributed by atoms with Crippen molar-refractivity contribution in [1.82, 2.24) is 9.97 Å². The summed E-state index contributed by atoms with van der Waals surface area (Å²) in [5.74, 6) is 1.38. The molecular weight excluding hydrogens is 266 g/mol. The van der Waals surface area contributed by atoms with Gasteiger partial charge in [0.15, 0.2) is 11.6 Å². The zero-order valence-electron chi connectivity index (χ0n) is 12.3. The lowest BCUT2D eigenvalue weighted by molar-refractivity contribution is -0.0979. The highest BCUT2D eigenvalue weighted by Gasteiger charge is 2.05.